The van der Waals surface area contributed by atoms with E-state index in [0.717, 1.165) is 23.5 Å². The Kier molecular flexibility index (Phi) is 9.02. The molecule has 5 rings (SSSR count). The molecule has 1 aromatic heterocycles. The third-order valence-corrected chi connectivity index (χ3v) is 10.6. The van der Waals surface area contributed by atoms with Crippen molar-refractivity contribution in [2.24, 2.45) is 5.41 Å². The molecule has 0 radical (unpaired) electrons. The number of rotatable bonds is 6. The van der Waals surface area contributed by atoms with E-state index in [2.05, 4.69) is 11.1 Å². The molecular formula is C31H28N4O5S4. The van der Waals surface area contributed by atoms with Crippen LogP contribution in [-0.4, -0.2) is 57.3 Å². The number of pyridine rings is 1. The van der Waals surface area contributed by atoms with E-state index in [-0.39, 0.29) is 21.8 Å². The van der Waals surface area contributed by atoms with Gasteiger partial charge in [-0.05, 0) is 97.7 Å². The number of hydrogen-bond acceptors (Lipinski definition) is 11. The number of benzene rings is 2. The molecule has 226 valence electrons. The minimum Gasteiger partial charge on any atom is -0.440 e. The summed E-state index contributed by atoms with van der Waals surface area (Å²) in [5, 5.41) is 20.1. The van der Waals surface area contributed by atoms with Gasteiger partial charge in [0.1, 0.15) is 11.5 Å². The van der Waals surface area contributed by atoms with E-state index in [4.69, 9.17) is 33.9 Å². The van der Waals surface area contributed by atoms with Crippen molar-refractivity contribution < 1.29 is 24.2 Å². The average Bonchev–Trinajstić information content (AvgIpc) is 3.29. The zero-order valence-corrected chi connectivity index (χ0v) is 27.3. The van der Waals surface area contributed by atoms with Crippen molar-refractivity contribution in [2.45, 2.75) is 42.7 Å². The molecule has 0 saturated carbocycles. The lowest BCUT2D eigenvalue weighted by Crippen LogP contribution is -2.71. The zero-order chi connectivity index (χ0) is 31.7. The number of piperazine rings is 1. The lowest BCUT2D eigenvalue weighted by molar-refractivity contribution is -0.163. The Bertz CT molecular complexity index is 1640. The van der Waals surface area contributed by atoms with Gasteiger partial charge in [-0.3, -0.25) is 14.6 Å². The highest BCUT2D eigenvalue weighted by Crippen LogP contribution is 2.62. The van der Waals surface area contributed by atoms with Crippen molar-refractivity contribution in [1.29, 1.82) is 5.26 Å². The minimum atomic E-state index is -1.62. The molecule has 9 nitrogen and oxygen atoms in total. The number of aromatic nitrogens is 1. The maximum atomic E-state index is 14.9. The minimum absolute atomic E-state index is 0.0182. The summed E-state index contributed by atoms with van der Waals surface area (Å²) < 4.78 is 11.8. The summed E-state index contributed by atoms with van der Waals surface area (Å²) in [7, 11) is 1.54. The highest BCUT2D eigenvalue weighted by molar-refractivity contribution is 8.24. The molecule has 0 bridgehead atoms. The van der Waals surface area contributed by atoms with Gasteiger partial charge < -0.3 is 24.4 Å². The van der Waals surface area contributed by atoms with Crippen LogP contribution in [0.3, 0.4) is 0 Å². The summed E-state index contributed by atoms with van der Waals surface area (Å²) in [6.07, 6.45) is 1.49. The smallest absolute Gasteiger partial charge is 0.261 e. The second kappa shape index (κ2) is 12.5. The maximum absolute atomic E-state index is 14.9. The van der Waals surface area contributed by atoms with Crippen LogP contribution in [0.15, 0.2) is 79.0 Å². The van der Waals surface area contributed by atoms with Crippen molar-refractivity contribution in [2.75, 3.05) is 7.05 Å². The van der Waals surface area contributed by atoms with Crippen molar-refractivity contribution in [1.82, 2.24) is 14.8 Å². The highest BCUT2D eigenvalue weighted by atomic mass is 32.2. The monoisotopic (exact) mass is 664 g/mol. The number of nitrogens with zero attached hydrogens (tertiary/aromatic N) is 4. The molecule has 13 heteroatoms. The van der Waals surface area contributed by atoms with E-state index in [1.54, 1.807) is 74.5 Å². The molecule has 3 aromatic rings. The van der Waals surface area contributed by atoms with Gasteiger partial charge in [-0.1, -0.05) is 42.5 Å². The summed E-state index contributed by atoms with van der Waals surface area (Å²) in [5.41, 5.74) is -0.279. The van der Waals surface area contributed by atoms with Crippen LogP contribution in [0.4, 0.5) is 0 Å². The lowest BCUT2D eigenvalue weighted by atomic mass is 9.80. The van der Waals surface area contributed by atoms with E-state index in [1.165, 1.54) is 23.0 Å². The van der Waals surface area contributed by atoms with Gasteiger partial charge in [0.05, 0.1) is 29.8 Å². The number of aliphatic hydroxyl groups is 1. The Labute approximate surface area is 274 Å². The van der Waals surface area contributed by atoms with E-state index < -0.39 is 33.0 Å². The number of thioether (sulfide) groups is 2. The van der Waals surface area contributed by atoms with Gasteiger partial charge in [0.25, 0.3) is 11.8 Å². The molecular weight excluding hydrogens is 637 g/mol. The Morgan fingerprint density at radius 1 is 0.977 bits per heavy atom. The molecule has 0 spiro atoms. The molecule has 1 unspecified atom stereocenters. The summed E-state index contributed by atoms with van der Waals surface area (Å²) in [4.78, 5) is 33.5. The van der Waals surface area contributed by atoms with Gasteiger partial charge in [-0.15, -0.1) is 0 Å². The molecule has 2 aromatic carbocycles. The molecule has 2 aliphatic heterocycles. The number of ether oxygens (including phenoxy) is 2. The van der Waals surface area contributed by atoms with Crippen LogP contribution in [0.2, 0.25) is 0 Å². The number of fused-ring (bicyclic) bond motifs is 1. The number of carbonyl (C=O) groups is 2. The fourth-order valence-corrected chi connectivity index (χ4v) is 8.77. The van der Waals surface area contributed by atoms with Crippen LogP contribution < -0.4 is 9.47 Å². The van der Waals surface area contributed by atoms with Crippen LogP contribution in [0.25, 0.3) is 0 Å². The normalized spacial score (nSPS) is 26.1. The van der Waals surface area contributed by atoms with Crippen molar-refractivity contribution in [3.63, 3.8) is 0 Å². The Balaban J connectivity index is 1.59. The summed E-state index contributed by atoms with van der Waals surface area (Å²) >= 11 is 13.0. The number of hydrogen-bond donors (Lipinski definition) is 1. The second-order valence-electron chi connectivity index (χ2n) is 10.7. The summed E-state index contributed by atoms with van der Waals surface area (Å²) in [5.74, 6) is 0.0581. The van der Waals surface area contributed by atoms with Gasteiger partial charge in [0.15, 0.2) is 9.74 Å². The second-order valence-corrected chi connectivity index (χ2v) is 14.6. The molecule has 2 amide bonds. The number of amides is 2. The molecule has 44 heavy (non-hydrogen) atoms. The predicted molar refractivity (Wildman–Crippen MR) is 177 cm³/mol. The fourth-order valence-electron chi connectivity index (χ4n) is 5.52. The molecule has 2 saturated heterocycles. The van der Waals surface area contributed by atoms with Crippen molar-refractivity contribution in [3.8, 4) is 17.6 Å². The molecule has 1 N–H and O–H groups in total. The molecule has 3 heterocycles. The van der Waals surface area contributed by atoms with Crippen molar-refractivity contribution in [3.05, 3.63) is 90.3 Å². The van der Waals surface area contributed by atoms with Gasteiger partial charge >= 0.3 is 0 Å². The van der Waals surface area contributed by atoms with E-state index in [0.29, 0.717) is 22.8 Å². The van der Waals surface area contributed by atoms with Gasteiger partial charge in [-0.25, -0.2) is 0 Å². The largest absolute Gasteiger partial charge is 0.440 e. The van der Waals surface area contributed by atoms with E-state index in [1.807, 2.05) is 12.1 Å². The van der Waals surface area contributed by atoms with Crippen LogP contribution in [0.1, 0.15) is 37.6 Å². The molecule has 0 aliphatic carbocycles. The Hall–Kier alpha value is -3.54. The number of nitriles is 1. The van der Waals surface area contributed by atoms with Crippen LogP contribution in [-0.2, 0) is 16.2 Å². The van der Waals surface area contributed by atoms with Crippen LogP contribution in [0, 0.1) is 16.7 Å². The molecule has 2 fully saturated rings. The predicted octanol–water partition coefficient (Wildman–Crippen LogP) is 5.46. The third kappa shape index (κ3) is 5.68. The topological polar surface area (TPSA) is 116 Å². The van der Waals surface area contributed by atoms with Gasteiger partial charge in [0, 0.05) is 19.7 Å². The standard InChI is InChI=1S/C31H28N4O5S4/c1-29(19-32)18-31(44-28(42)40-23-12-8-5-9-13-23)26(38)34(3)30(2,43-27(41)39-22-10-6-4-7-11-22)25(37)35(31)24(29)20-14-15-21(17-36)33-16-20/h4-16,24,36H,17-18H2,1-3H3/t24?,29-,30+,31+/m1/s1. The summed E-state index contributed by atoms with van der Waals surface area (Å²) in [6.45, 7) is 3.05. The van der Waals surface area contributed by atoms with Crippen LogP contribution >= 0.6 is 48.0 Å². The number of likely N-dealkylation sites (N-methyl/N-ethyl adjacent to an activating group) is 1. The van der Waals surface area contributed by atoms with Gasteiger partial charge in [0.2, 0.25) is 8.77 Å². The first-order valence-electron chi connectivity index (χ1n) is 13.5. The van der Waals surface area contributed by atoms with Crippen LogP contribution in [0.5, 0.6) is 11.5 Å². The third-order valence-electron chi connectivity index (χ3n) is 7.76. The number of thiocarbonyl (C=S) groups is 2. The zero-order valence-electron chi connectivity index (χ0n) is 24.0. The van der Waals surface area contributed by atoms with E-state index in [9.17, 15) is 20.0 Å². The highest BCUT2D eigenvalue weighted by Gasteiger charge is 2.71. The van der Waals surface area contributed by atoms with Gasteiger partial charge in [-0.2, -0.15) is 5.26 Å². The first kappa shape index (κ1) is 31.9. The maximum Gasteiger partial charge on any atom is 0.261 e. The molecule has 2 aliphatic rings. The lowest BCUT2D eigenvalue weighted by Gasteiger charge is -2.52. The SMILES string of the molecule is CN1C(=O)[C@@]2(SC(=S)Oc3ccccc3)C[C@](C)(C#N)C(c3ccc(CO)nc3)N2C(=O)[C@]1(C)SC(=S)Oc1ccccc1. The molecule has 4 atom stereocenters. The number of aliphatic hydroxyl groups excluding tert-OH is 1. The number of carbonyl (C=O) groups excluding carboxylic acids is 2. The van der Waals surface area contributed by atoms with Crippen molar-refractivity contribution >= 4 is 68.5 Å². The first-order chi connectivity index (χ1) is 21.0. The summed E-state index contributed by atoms with van der Waals surface area (Å²) in [6, 6.07) is 22.6. The fraction of sp³-hybridized carbons (Fsp3) is 0.290. The first-order valence-corrected chi connectivity index (χ1v) is 15.9. The average molecular weight is 665 g/mol. The van der Waals surface area contributed by atoms with E-state index >= 15 is 0 Å². The quantitative estimate of drug-likeness (QED) is 0.339. The Morgan fingerprint density at radius 3 is 2.05 bits per heavy atom. The number of para-hydroxylation sites is 2. The Morgan fingerprint density at radius 2 is 1.55 bits per heavy atom.